The minimum absolute atomic E-state index is 0.0513. The molecule has 20 heavy (non-hydrogen) atoms. The summed E-state index contributed by atoms with van der Waals surface area (Å²) in [6.45, 7) is 0. The number of hydrogen-bond acceptors (Lipinski definition) is 4. The average molecular weight is 272 g/mol. The maximum atomic E-state index is 11.3. The van der Waals surface area contributed by atoms with Crippen LogP contribution in [-0.4, -0.2) is 26.4 Å². The lowest BCUT2D eigenvalue weighted by molar-refractivity contribution is -0.130. The number of phenols is 3. The van der Waals surface area contributed by atoms with E-state index in [1.165, 1.54) is 42.5 Å². The van der Waals surface area contributed by atoms with Gasteiger partial charge in [0.1, 0.15) is 17.2 Å². The van der Waals surface area contributed by atoms with Crippen LogP contribution in [0.3, 0.4) is 0 Å². The van der Waals surface area contributed by atoms with Gasteiger partial charge in [-0.2, -0.15) is 0 Å². The van der Waals surface area contributed by atoms with Gasteiger partial charge >= 0.3 is 5.97 Å². The Balaban J connectivity index is 2.53. The van der Waals surface area contributed by atoms with Crippen LogP contribution < -0.4 is 0 Å². The Hall–Kier alpha value is -2.95. The molecule has 0 aliphatic rings. The molecule has 5 nitrogen and oxygen atoms in total. The van der Waals surface area contributed by atoms with E-state index in [-0.39, 0.29) is 28.4 Å². The molecule has 0 aromatic heterocycles. The Morgan fingerprint density at radius 1 is 0.950 bits per heavy atom. The number of aromatic hydroxyl groups is 3. The van der Waals surface area contributed by atoms with Crippen molar-refractivity contribution in [3.63, 3.8) is 0 Å². The zero-order valence-electron chi connectivity index (χ0n) is 10.3. The first-order valence-corrected chi connectivity index (χ1v) is 5.74. The fourth-order valence-electron chi connectivity index (χ4n) is 1.75. The number of hydrogen-bond donors (Lipinski definition) is 4. The predicted molar refractivity (Wildman–Crippen MR) is 73.4 cm³/mol. The van der Waals surface area contributed by atoms with Gasteiger partial charge in [0.2, 0.25) is 0 Å². The monoisotopic (exact) mass is 272 g/mol. The number of rotatable bonds is 3. The highest BCUT2D eigenvalue weighted by Crippen LogP contribution is 2.28. The summed E-state index contributed by atoms with van der Waals surface area (Å²) in [5.74, 6) is -1.59. The molecule has 102 valence electrons. The first-order valence-electron chi connectivity index (χ1n) is 5.74. The summed E-state index contributed by atoms with van der Waals surface area (Å²) < 4.78 is 0. The van der Waals surface area contributed by atoms with Crippen LogP contribution in [0, 0.1) is 0 Å². The second-order valence-corrected chi connectivity index (χ2v) is 4.16. The van der Waals surface area contributed by atoms with Crippen LogP contribution in [0.1, 0.15) is 11.1 Å². The van der Waals surface area contributed by atoms with E-state index in [0.717, 1.165) is 6.07 Å². The smallest absolute Gasteiger partial charge is 0.336 e. The molecule has 2 aromatic rings. The highest BCUT2D eigenvalue weighted by atomic mass is 16.4. The molecule has 0 aliphatic carbocycles. The van der Waals surface area contributed by atoms with Crippen LogP contribution in [0.25, 0.3) is 11.6 Å². The maximum absolute atomic E-state index is 11.3. The molecule has 0 heterocycles. The van der Waals surface area contributed by atoms with Crippen molar-refractivity contribution in [3.05, 3.63) is 53.6 Å². The minimum atomic E-state index is -1.19. The van der Waals surface area contributed by atoms with E-state index in [0.29, 0.717) is 5.56 Å². The first kappa shape index (κ1) is 13.5. The van der Waals surface area contributed by atoms with Crippen molar-refractivity contribution >= 4 is 17.6 Å². The minimum Gasteiger partial charge on any atom is -0.508 e. The van der Waals surface area contributed by atoms with Gasteiger partial charge in [-0.15, -0.1) is 0 Å². The average Bonchev–Trinajstić information content (AvgIpc) is 2.37. The molecule has 0 saturated carbocycles. The second kappa shape index (κ2) is 5.36. The van der Waals surface area contributed by atoms with Crippen LogP contribution in [0.4, 0.5) is 0 Å². The summed E-state index contributed by atoms with van der Waals surface area (Å²) in [7, 11) is 0. The number of carbonyl (C=O) groups is 1. The van der Waals surface area contributed by atoms with Crippen LogP contribution in [0.15, 0.2) is 42.5 Å². The summed E-state index contributed by atoms with van der Waals surface area (Å²) in [5.41, 5.74) is 0.482. The van der Waals surface area contributed by atoms with Gasteiger partial charge in [-0.3, -0.25) is 0 Å². The molecule has 0 bridgehead atoms. The third kappa shape index (κ3) is 2.89. The lowest BCUT2D eigenvalue weighted by Crippen LogP contribution is -1.99. The summed E-state index contributed by atoms with van der Waals surface area (Å²) in [6, 6.07) is 9.67. The third-order valence-corrected chi connectivity index (χ3v) is 2.70. The molecule has 0 amide bonds. The molecule has 4 N–H and O–H groups in total. The number of benzene rings is 2. The Bertz CT molecular complexity index is 688. The van der Waals surface area contributed by atoms with E-state index in [1.807, 2.05) is 0 Å². The lowest BCUT2D eigenvalue weighted by atomic mass is 10.0. The van der Waals surface area contributed by atoms with Crippen molar-refractivity contribution < 1.29 is 25.2 Å². The molecule has 0 aliphatic heterocycles. The SMILES string of the molecule is O=C(O)/C(=C\c1ccc(O)cc1O)c1cccc(O)c1. The maximum Gasteiger partial charge on any atom is 0.336 e. The molecule has 0 unspecified atom stereocenters. The van der Waals surface area contributed by atoms with E-state index in [4.69, 9.17) is 0 Å². The zero-order chi connectivity index (χ0) is 14.7. The highest BCUT2D eigenvalue weighted by Gasteiger charge is 2.12. The molecule has 0 radical (unpaired) electrons. The molecule has 2 aromatic carbocycles. The van der Waals surface area contributed by atoms with Crippen molar-refractivity contribution in [1.82, 2.24) is 0 Å². The summed E-state index contributed by atoms with van der Waals surface area (Å²) in [4.78, 5) is 11.3. The number of aliphatic carboxylic acids is 1. The van der Waals surface area contributed by atoms with E-state index in [9.17, 15) is 25.2 Å². The Kier molecular flexibility index (Phi) is 3.61. The number of carboxylic acids is 1. The van der Waals surface area contributed by atoms with Gasteiger partial charge in [0.15, 0.2) is 0 Å². The van der Waals surface area contributed by atoms with Crippen molar-refractivity contribution in [2.45, 2.75) is 0 Å². The van der Waals surface area contributed by atoms with Gasteiger partial charge in [-0.25, -0.2) is 4.79 Å². The Labute approximate surface area is 114 Å². The van der Waals surface area contributed by atoms with Gasteiger partial charge in [-0.05, 0) is 35.9 Å². The molecule has 2 rings (SSSR count). The van der Waals surface area contributed by atoms with Crippen LogP contribution in [0.2, 0.25) is 0 Å². The molecular formula is C15H12O5. The van der Waals surface area contributed by atoms with Crippen molar-refractivity contribution in [2.24, 2.45) is 0 Å². The van der Waals surface area contributed by atoms with Crippen molar-refractivity contribution in [2.75, 3.05) is 0 Å². The fraction of sp³-hybridized carbons (Fsp3) is 0. The lowest BCUT2D eigenvalue weighted by Gasteiger charge is -2.05. The van der Waals surface area contributed by atoms with Crippen LogP contribution >= 0.6 is 0 Å². The van der Waals surface area contributed by atoms with Crippen molar-refractivity contribution in [1.29, 1.82) is 0 Å². The zero-order valence-corrected chi connectivity index (χ0v) is 10.3. The van der Waals surface area contributed by atoms with Gasteiger partial charge in [0, 0.05) is 11.6 Å². The second-order valence-electron chi connectivity index (χ2n) is 4.16. The standard InChI is InChI=1S/C15H12O5/c16-11-3-1-2-9(6-11)13(15(19)20)7-10-4-5-12(17)8-14(10)18/h1-8,16-18H,(H,19,20)/b13-7-. The van der Waals surface area contributed by atoms with E-state index >= 15 is 0 Å². The molecular weight excluding hydrogens is 260 g/mol. The Morgan fingerprint density at radius 3 is 2.25 bits per heavy atom. The quantitative estimate of drug-likeness (QED) is 0.508. The Morgan fingerprint density at radius 2 is 1.65 bits per heavy atom. The van der Waals surface area contributed by atoms with Gasteiger partial charge in [0.25, 0.3) is 0 Å². The first-order chi connectivity index (χ1) is 9.47. The molecule has 0 atom stereocenters. The van der Waals surface area contributed by atoms with Gasteiger partial charge in [0.05, 0.1) is 5.57 Å². The van der Waals surface area contributed by atoms with Gasteiger partial charge in [-0.1, -0.05) is 12.1 Å². The van der Waals surface area contributed by atoms with Gasteiger partial charge < -0.3 is 20.4 Å². The van der Waals surface area contributed by atoms with E-state index in [1.54, 1.807) is 0 Å². The number of phenolic OH excluding ortho intramolecular Hbond substituents is 3. The topological polar surface area (TPSA) is 98.0 Å². The summed E-state index contributed by atoms with van der Waals surface area (Å²) in [6.07, 6.45) is 1.27. The fourth-order valence-corrected chi connectivity index (χ4v) is 1.75. The van der Waals surface area contributed by atoms with Crippen LogP contribution in [0.5, 0.6) is 17.2 Å². The molecule has 0 fully saturated rings. The summed E-state index contributed by atoms with van der Waals surface area (Å²) >= 11 is 0. The number of carboxylic acid groups (broad SMARTS) is 1. The largest absolute Gasteiger partial charge is 0.508 e. The predicted octanol–water partition coefficient (Wildman–Crippen LogP) is 2.43. The third-order valence-electron chi connectivity index (χ3n) is 2.70. The van der Waals surface area contributed by atoms with E-state index < -0.39 is 5.97 Å². The molecule has 0 saturated heterocycles. The van der Waals surface area contributed by atoms with Crippen molar-refractivity contribution in [3.8, 4) is 17.2 Å². The van der Waals surface area contributed by atoms with E-state index in [2.05, 4.69) is 0 Å². The highest BCUT2D eigenvalue weighted by molar-refractivity contribution is 6.20. The summed E-state index contributed by atoms with van der Waals surface area (Å²) in [5, 5.41) is 37.5. The molecule has 5 heteroatoms. The normalized spacial score (nSPS) is 11.3. The van der Waals surface area contributed by atoms with Crippen LogP contribution in [-0.2, 0) is 4.79 Å². The molecule has 0 spiro atoms.